The van der Waals surface area contributed by atoms with Crippen molar-refractivity contribution in [3.63, 3.8) is 0 Å². The Bertz CT molecular complexity index is 1420. The highest BCUT2D eigenvalue weighted by Crippen LogP contribution is 2.45. The van der Waals surface area contributed by atoms with Crippen LogP contribution in [-0.4, -0.2) is 47.2 Å². The number of primary amides is 1. The normalized spacial score (nSPS) is 14.2. The van der Waals surface area contributed by atoms with E-state index in [0.29, 0.717) is 25.2 Å². The average Bonchev–Trinajstić information content (AvgIpc) is 2.94. The fourth-order valence-corrected chi connectivity index (χ4v) is 6.09. The molecule has 0 aliphatic heterocycles. The van der Waals surface area contributed by atoms with E-state index in [0.717, 1.165) is 24.5 Å². The van der Waals surface area contributed by atoms with Crippen molar-refractivity contribution in [3.05, 3.63) is 106 Å². The molecule has 238 valence electrons. The number of rotatable bonds is 15. The first-order valence-electron chi connectivity index (χ1n) is 15.4. The van der Waals surface area contributed by atoms with Crippen molar-refractivity contribution in [2.75, 3.05) is 19.6 Å². The summed E-state index contributed by atoms with van der Waals surface area (Å²) in [6, 6.07) is 16.0. The largest absolute Gasteiger partial charge is 0.375 e. The summed E-state index contributed by atoms with van der Waals surface area (Å²) in [5.74, 6) is -2.47. The maximum atomic E-state index is 14.7. The Labute approximate surface area is 260 Å². The van der Waals surface area contributed by atoms with Crippen molar-refractivity contribution >= 4 is 11.8 Å². The van der Waals surface area contributed by atoms with Crippen molar-refractivity contribution in [2.24, 2.45) is 11.7 Å². The first-order valence-corrected chi connectivity index (χ1v) is 15.4. The zero-order valence-corrected chi connectivity index (χ0v) is 26.8. The van der Waals surface area contributed by atoms with E-state index < -0.39 is 28.7 Å². The summed E-state index contributed by atoms with van der Waals surface area (Å²) < 4.78 is 29.3. The molecule has 0 saturated heterocycles. The van der Waals surface area contributed by atoms with E-state index in [-0.39, 0.29) is 46.9 Å². The van der Waals surface area contributed by atoms with E-state index in [1.54, 1.807) is 30.9 Å². The second kappa shape index (κ2) is 14.9. The van der Waals surface area contributed by atoms with Crippen LogP contribution in [0, 0.1) is 24.5 Å². The molecule has 0 spiro atoms. The quantitative estimate of drug-likeness (QED) is 0.177. The molecule has 0 bridgehead atoms. The van der Waals surface area contributed by atoms with Crippen molar-refractivity contribution in [1.82, 2.24) is 10.2 Å². The third kappa shape index (κ3) is 8.10. The second-order valence-corrected chi connectivity index (χ2v) is 12.4. The minimum Gasteiger partial charge on any atom is -0.375 e. The van der Waals surface area contributed by atoms with Gasteiger partial charge in [-0.3, -0.25) is 14.9 Å². The Morgan fingerprint density at radius 3 is 1.98 bits per heavy atom. The lowest BCUT2D eigenvalue weighted by molar-refractivity contribution is -0.0576. The Balaban J connectivity index is 2.54. The summed E-state index contributed by atoms with van der Waals surface area (Å²) in [6.07, 6.45) is 1.46. The molecule has 0 aliphatic carbocycles. The molecule has 3 aromatic rings. The van der Waals surface area contributed by atoms with E-state index in [1.165, 1.54) is 12.1 Å². The number of nitrogens with two attached hydrogens (primary N) is 1. The molecule has 6 nitrogen and oxygen atoms in total. The molecule has 0 fully saturated rings. The van der Waals surface area contributed by atoms with E-state index in [1.807, 2.05) is 58.0 Å². The van der Waals surface area contributed by atoms with Gasteiger partial charge in [-0.05, 0) is 92.0 Å². The fourth-order valence-electron chi connectivity index (χ4n) is 6.09. The molecule has 2 atom stereocenters. The van der Waals surface area contributed by atoms with Crippen LogP contribution in [0.5, 0.6) is 0 Å². The van der Waals surface area contributed by atoms with Gasteiger partial charge in [0.1, 0.15) is 17.4 Å². The van der Waals surface area contributed by atoms with Crippen LogP contribution in [0.15, 0.2) is 60.7 Å². The van der Waals surface area contributed by atoms with Gasteiger partial charge in [0.05, 0.1) is 0 Å². The van der Waals surface area contributed by atoms with Gasteiger partial charge in [0.15, 0.2) is 0 Å². The van der Waals surface area contributed by atoms with Gasteiger partial charge in [-0.2, -0.15) is 0 Å². The molecule has 0 radical (unpaired) electrons. The van der Waals surface area contributed by atoms with Crippen LogP contribution in [-0.2, 0) is 18.3 Å². The van der Waals surface area contributed by atoms with Crippen molar-refractivity contribution in [3.8, 4) is 0 Å². The molecule has 44 heavy (non-hydrogen) atoms. The number of aryl methyl sites for hydroxylation is 1. The summed E-state index contributed by atoms with van der Waals surface area (Å²) in [4.78, 5) is 29.5. The number of benzene rings is 3. The number of nitrogens with one attached hydrogen (secondary N) is 1. The number of carbonyl (C=O) groups excluding carboxylic acids is 2. The minimum absolute atomic E-state index is 0.0840. The Morgan fingerprint density at radius 1 is 0.909 bits per heavy atom. The molecule has 0 aliphatic rings. The van der Waals surface area contributed by atoms with Gasteiger partial charge in [-0.25, -0.2) is 8.78 Å². The first kappa shape index (κ1) is 34.9. The van der Waals surface area contributed by atoms with E-state index in [2.05, 4.69) is 5.32 Å². The smallest absolute Gasteiger partial charge is 0.254 e. The standard InChI is InChI=1S/C36H47F2N3O3/c1-7-14-41(15-8-2)34(43)31-17-25(5)16-30(33(39)42)32(31)36(21-26-12-10-9-11-13-26,35(6,44)40-23-24(3)4)22-27-18-28(37)20-29(38)19-27/h9-13,16-20,24,40,44H,7-8,14-15,21-23H2,1-6H3,(H2,39,42)/t35?,36-/m0/s1. The number of halogens is 2. The maximum Gasteiger partial charge on any atom is 0.254 e. The Morgan fingerprint density at radius 2 is 1.45 bits per heavy atom. The molecule has 0 saturated carbocycles. The number of hydrogen-bond donors (Lipinski definition) is 3. The van der Waals surface area contributed by atoms with Gasteiger partial charge in [0.2, 0.25) is 5.91 Å². The minimum atomic E-state index is -1.80. The lowest BCUT2D eigenvalue weighted by atomic mass is 9.62. The van der Waals surface area contributed by atoms with E-state index in [4.69, 9.17) is 5.73 Å². The van der Waals surface area contributed by atoms with Crippen molar-refractivity contribution in [2.45, 2.75) is 78.4 Å². The van der Waals surface area contributed by atoms with Gasteiger partial charge in [0, 0.05) is 42.2 Å². The van der Waals surface area contributed by atoms with Crippen LogP contribution in [0.4, 0.5) is 8.78 Å². The Kier molecular flexibility index (Phi) is 11.8. The summed E-state index contributed by atoms with van der Waals surface area (Å²) >= 11 is 0. The predicted molar refractivity (Wildman–Crippen MR) is 172 cm³/mol. The van der Waals surface area contributed by atoms with Crippen molar-refractivity contribution < 1.29 is 23.5 Å². The number of amides is 2. The summed E-state index contributed by atoms with van der Waals surface area (Å²) in [7, 11) is 0. The third-order valence-corrected chi connectivity index (χ3v) is 8.09. The second-order valence-electron chi connectivity index (χ2n) is 12.4. The number of nitrogens with zero attached hydrogens (tertiary/aromatic N) is 1. The molecule has 8 heteroatoms. The molecule has 2 amide bonds. The zero-order valence-electron chi connectivity index (χ0n) is 26.8. The summed E-state index contributed by atoms with van der Waals surface area (Å²) in [5, 5.41) is 15.9. The van der Waals surface area contributed by atoms with Crippen LogP contribution in [0.3, 0.4) is 0 Å². The highest BCUT2D eigenvalue weighted by Gasteiger charge is 2.52. The maximum absolute atomic E-state index is 14.7. The topological polar surface area (TPSA) is 95.7 Å². The van der Waals surface area contributed by atoms with Gasteiger partial charge in [0.25, 0.3) is 5.91 Å². The number of carbonyl (C=O) groups is 2. The van der Waals surface area contributed by atoms with E-state index in [9.17, 15) is 23.5 Å². The van der Waals surface area contributed by atoms with Gasteiger partial charge in [-0.15, -0.1) is 0 Å². The lowest BCUT2D eigenvalue weighted by Gasteiger charge is -2.49. The number of aliphatic hydroxyl groups is 1. The van der Waals surface area contributed by atoms with Gasteiger partial charge in [-0.1, -0.05) is 58.0 Å². The zero-order chi connectivity index (χ0) is 32.7. The van der Waals surface area contributed by atoms with Crippen LogP contribution >= 0.6 is 0 Å². The molecule has 3 rings (SSSR count). The molecule has 0 heterocycles. The van der Waals surface area contributed by atoms with Crippen LogP contribution in [0.2, 0.25) is 0 Å². The molecule has 3 aromatic carbocycles. The molecule has 0 aromatic heterocycles. The average molecular weight is 608 g/mol. The highest BCUT2D eigenvalue weighted by atomic mass is 19.1. The van der Waals surface area contributed by atoms with Gasteiger partial charge >= 0.3 is 0 Å². The first-order chi connectivity index (χ1) is 20.7. The summed E-state index contributed by atoms with van der Waals surface area (Å²) in [5.41, 5.74) is 5.04. The predicted octanol–water partition coefficient (Wildman–Crippen LogP) is 6.31. The van der Waals surface area contributed by atoms with Crippen LogP contribution in [0.1, 0.15) is 90.4 Å². The molecule has 4 N–H and O–H groups in total. The lowest BCUT2D eigenvalue weighted by Crippen LogP contribution is -2.63. The van der Waals surface area contributed by atoms with E-state index >= 15 is 0 Å². The summed E-state index contributed by atoms with van der Waals surface area (Å²) in [6.45, 7) is 12.7. The number of hydrogen-bond acceptors (Lipinski definition) is 4. The van der Waals surface area contributed by atoms with Crippen LogP contribution < -0.4 is 11.1 Å². The SMILES string of the molecule is CCCN(CCC)C(=O)c1cc(C)cc(C(N)=O)c1[C@](Cc1ccccc1)(Cc1cc(F)cc(F)c1)C(C)(O)NCC(C)C. The Hall–Kier alpha value is -3.62. The fraction of sp³-hybridized carbons (Fsp3) is 0.444. The van der Waals surface area contributed by atoms with Gasteiger partial charge < -0.3 is 15.7 Å². The third-order valence-electron chi connectivity index (χ3n) is 8.09. The molecule has 1 unspecified atom stereocenters. The monoisotopic (exact) mass is 607 g/mol. The highest BCUT2D eigenvalue weighted by molar-refractivity contribution is 6.03. The van der Waals surface area contributed by atoms with Crippen molar-refractivity contribution in [1.29, 1.82) is 0 Å². The molecular weight excluding hydrogens is 560 g/mol. The van der Waals surface area contributed by atoms with Crippen LogP contribution in [0.25, 0.3) is 0 Å². The molecular formula is C36H47F2N3O3.